The molecule has 0 aliphatic heterocycles. The molecule has 9 nitrogen and oxygen atoms in total. The van der Waals surface area contributed by atoms with Crippen LogP contribution in [0.3, 0.4) is 0 Å². The highest BCUT2D eigenvalue weighted by Gasteiger charge is 2.24. The molecule has 1 aromatic rings. The summed E-state index contributed by atoms with van der Waals surface area (Å²) in [6, 6.07) is 1.90. The van der Waals surface area contributed by atoms with Crippen LogP contribution in [0, 0.1) is 10.1 Å². The number of amides is 1. The first-order chi connectivity index (χ1) is 9.90. The molecule has 0 fully saturated rings. The number of hydrogen-bond acceptors (Lipinski definition) is 6. The van der Waals surface area contributed by atoms with Gasteiger partial charge >= 0.3 is 5.97 Å². The number of carbonyl (C=O) groups is 2. The van der Waals surface area contributed by atoms with E-state index in [0.29, 0.717) is 6.54 Å². The molecule has 0 heterocycles. The smallest absolute Gasteiger partial charge is 0.342 e. The van der Waals surface area contributed by atoms with Gasteiger partial charge in [0.15, 0.2) is 18.1 Å². The van der Waals surface area contributed by atoms with E-state index >= 15 is 0 Å². The number of ether oxygens (including phenoxy) is 2. The summed E-state index contributed by atoms with van der Waals surface area (Å²) in [5.74, 6) is -1.97. The Balaban J connectivity index is 3.13. The number of benzene rings is 1. The lowest BCUT2D eigenvalue weighted by atomic mass is 10.1. The topological polar surface area (TPSA) is 128 Å². The Bertz CT molecular complexity index is 571. The van der Waals surface area contributed by atoms with E-state index in [2.05, 4.69) is 5.32 Å². The van der Waals surface area contributed by atoms with Gasteiger partial charge in [-0.05, 0) is 6.92 Å². The van der Waals surface area contributed by atoms with Crippen LogP contribution in [0.2, 0.25) is 0 Å². The molecule has 0 aromatic heterocycles. The molecule has 0 atom stereocenters. The van der Waals surface area contributed by atoms with Crippen LogP contribution in [0.25, 0.3) is 0 Å². The SMILES string of the molecule is CCNC(=O)COc1cc([N+](=O)[O-])c(C(=O)O)cc1OC. The molecule has 114 valence electrons. The van der Waals surface area contributed by atoms with Crippen molar-refractivity contribution >= 4 is 17.6 Å². The second-order valence-electron chi connectivity index (χ2n) is 3.82. The number of carboxylic acids is 1. The Morgan fingerprint density at radius 2 is 2.05 bits per heavy atom. The zero-order valence-electron chi connectivity index (χ0n) is 11.4. The molecule has 2 N–H and O–H groups in total. The molecule has 0 spiro atoms. The van der Waals surface area contributed by atoms with Crippen molar-refractivity contribution in [2.24, 2.45) is 0 Å². The first-order valence-electron chi connectivity index (χ1n) is 5.89. The number of carboxylic acid groups (broad SMARTS) is 1. The molecular weight excluding hydrogens is 284 g/mol. The third-order valence-corrected chi connectivity index (χ3v) is 2.44. The monoisotopic (exact) mass is 298 g/mol. The fourth-order valence-electron chi connectivity index (χ4n) is 1.54. The molecule has 0 saturated heterocycles. The van der Waals surface area contributed by atoms with Gasteiger partial charge in [-0.3, -0.25) is 14.9 Å². The number of rotatable bonds is 7. The van der Waals surface area contributed by atoms with E-state index in [1.54, 1.807) is 6.92 Å². The molecule has 0 aliphatic carbocycles. The van der Waals surface area contributed by atoms with Crippen molar-refractivity contribution in [2.45, 2.75) is 6.92 Å². The van der Waals surface area contributed by atoms with Crippen LogP contribution < -0.4 is 14.8 Å². The number of nitro benzene ring substituents is 1. The van der Waals surface area contributed by atoms with Crippen molar-refractivity contribution in [3.05, 3.63) is 27.8 Å². The lowest BCUT2D eigenvalue weighted by Gasteiger charge is -2.11. The summed E-state index contributed by atoms with van der Waals surface area (Å²) in [5.41, 5.74) is -1.17. The molecule has 21 heavy (non-hydrogen) atoms. The Hall–Kier alpha value is -2.84. The number of nitrogens with zero attached hydrogens (tertiary/aromatic N) is 1. The summed E-state index contributed by atoms with van der Waals surface area (Å²) >= 11 is 0. The standard InChI is InChI=1S/C12H14N2O7/c1-3-13-11(15)6-21-10-5-8(14(18)19)7(12(16)17)4-9(10)20-2/h4-5H,3,6H2,1-2H3,(H,13,15)(H,16,17). The van der Waals surface area contributed by atoms with Crippen LogP contribution in [-0.2, 0) is 4.79 Å². The van der Waals surface area contributed by atoms with E-state index in [9.17, 15) is 19.7 Å². The van der Waals surface area contributed by atoms with Crippen molar-refractivity contribution in [3.8, 4) is 11.5 Å². The van der Waals surface area contributed by atoms with Crippen LogP contribution in [-0.4, -0.2) is 42.2 Å². The van der Waals surface area contributed by atoms with Gasteiger partial charge in [0.05, 0.1) is 18.1 Å². The number of methoxy groups -OCH3 is 1. The summed E-state index contributed by atoms with van der Waals surface area (Å²) < 4.78 is 10.1. The fraction of sp³-hybridized carbons (Fsp3) is 0.333. The Morgan fingerprint density at radius 3 is 2.52 bits per heavy atom. The van der Waals surface area contributed by atoms with Crippen LogP contribution in [0.15, 0.2) is 12.1 Å². The van der Waals surface area contributed by atoms with Gasteiger partial charge in [-0.15, -0.1) is 0 Å². The number of nitrogens with one attached hydrogen (secondary N) is 1. The predicted octanol–water partition coefficient (Wildman–Crippen LogP) is 0.816. The van der Waals surface area contributed by atoms with Gasteiger partial charge in [0.25, 0.3) is 11.6 Å². The zero-order chi connectivity index (χ0) is 16.0. The maximum Gasteiger partial charge on any atom is 0.342 e. The Kier molecular flexibility index (Phi) is 5.47. The molecule has 0 aliphatic rings. The van der Waals surface area contributed by atoms with E-state index < -0.39 is 28.1 Å². The molecule has 0 bridgehead atoms. The van der Waals surface area contributed by atoms with Gasteiger partial charge in [-0.25, -0.2) is 4.79 Å². The fourth-order valence-corrected chi connectivity index (χ4v) is 1.54. The van der Waals surface area contributed by atoms with Crippen LogP contribution >= 0.6 is 0 Å². The van der Waals surface area contributed by atoms with Crippen molar-refractivity contribution in [1.82, 2.24) is 5.32 Å². The van der Waals surface area contributed by atoms with Crippen LogP contribution in [0.1, 0.15) is 17.3 Å². The van der Waals surface area contributed by atoms with E-state index in [1.807, 2.05) is 0 Å². The minimum atomic E-state index is -1.46. The average molecular weight is 298 g/mol. The highest BCUT2D eigenvalue weighted by Crippen LogP contribution is 2.34. The summed E-state index contributed by atoms with van der Waals surface area (Å²) in [6.45, 7) is 1.77. The molecule has 1 aromatic carbocycles. The van der Waals surface area contributed by atoms with Crippen LogP contribution in [0.5, 0.6) is 11.5 Å². The van der Waals surface area contributed by atoms with E-state index in [0.717, 1.165) is 12.1 Å². The lowest BCUT2D eigenvalue weighted by Crippen LogP contribution is -2.28. The predicted molar refractivity (Wildman–Crippen MR) is 70.8 cm³/mol. The molecule has 0 unspecified atom stereocenters. The quantitative estimate of drug-likeness (QED) is 0.563. The number of hydrogen-bond donors (Lipinski definition) is 2. The molecule has 1 amide bonds. The summed E-state index contributed by atoms with van der Waals surface area (Å²) in [4.78, 5) is 32.3. The Morgan fingerprint density at radius 1 is 1.38 bits per heavy atom. The van der Waals surface area contributed by atoms with Gasteiger partial charge in [0, 0.05) is 12.6 Å². The highest BCUT2D eigenvalue weighted by atomic mass is 16.6. The van der Waals surface area contributed by atoms with Crippen molar-refractivity contribution in [3.63, 3.8) is 0 Å². The maximum atomic E-state index is 11.3. The van der Waals surface area contributed by atoms with E-state index in [4.69, 9.17) is 14.6 Å². The molecule has 0 radical (unpaired) electrons. The summed E-state index contributed by atoms with van der Waals surface area (Å²) in [5, 5.41) is 22.3. The highest BCUT2D eigenvalue weighted by molar-refractivity contribution is 5.93. The molecule has 1 rings (SSSR count). The third kappa shape index (κ3) is 4.06. The lowest BCUT2D eigenvalue weighted by molar-refractivity contribution is -0.385. The molecular formula is C12H14N2O7. The van der Waals surface area contributed by atoms with Gasteiger partial charge in [0.1, 0.15) is 5.56 Å². The number of likely N-dealkylation sites (N-methyl/N-ethyl adjacent to an activating group) is 1. The van der Waals surface area contributed by atoms with Crippen molar-refractivity contribution in [2.75, 3.05) is 20.3 Å². The van der Waals surface area contributed by atoms with Gasteiger partial charge < -0.3 is 19.9 Å². The van der Waals surface area contributed by atoms with Crippen LogP contribution in [0.4, 0.5) is 5.69 Å². The largest absolute Gasteiger partial charge is 0.493 e. The molecule has 9 heteroatoms. The minimum absolute atomic E-state index is 0.0118. The normalized spacial score (nSPS) is 9.81. The van der Waals surface area contributed by atoms with Gasteiger partial charge in [0.2, 0.25) is 0 Å². The minimum Gasteiger partial charge on any atom is -0.493 e. The summed E-state index contributed by atoms with van der Waals surface area (Å²) in [6.07, 6.45) is 0. The third-order valence-electron chi connectivity index (χ3n) is 2.44. The molecule has 0 saturated carbocycles. The number of carbonyl (C=O) groups excluding carboxylic acids is 1. The second kappa shape index (κ2) is 7.08. The average Bonchev–Trinajstić information content (AvgIpc) is 2.44. The second-order valence-corrected chi connectivity index (χ2v) is 3.82. The van der Waals surface area contributed by atoms with Gasteiger partial charge in [-0.2, -0.15) is 0 Å². The van der Waals surface area contributed by atoms with Crippen molar-refractivity contribution in [1.29, 1.82) is 0 Å². The van der Waals surface area contributed by atoms with E-state index in [1.165, 1.54) is 7.11 Å². The first-order valence-corrected chi connectivity index (χ1v) is 5.89. The first kappa shape index (κ1) is 16.2. The van der Waals surface area contributed by atoms with Crippen molar-refractivity contribution < 1.29 is 29.1 Å². The maximum absolute atomic E-state index is 11.3. The number of nitro groups is 1. The van der Waals surface area contributed by atoms with E-state index in [-0.39, 0.29) is 18.1 Å². The van der Waals surface area contributed by atoms with Gasteiger partial charge in [-0.1, -0.05) is 0 Å². The zero-order valence-corrected chi connectivity index (χ0v) is 11.4. The Labute approximate surface area is 119 Å². The number of aromatic carboxylic acids is 1. The summed E-state index contributed by atoms with van der Waals surface area (Å²) in [7, 11) is 1.26.